The second-order valence-corrected chi connectivity index (χ2v) is 3.29. The van der Waals surface area contributed by atoms with Gasteiger partial charge in [-0.15, -0.1) is 0 Å². The molecule has 8 heteroatoms. The summed E-state index contributed by atoms with van der Waals surface area (Å²) in [4.78, 5) is 18.3. The van der Waals surface area contributed by atoms with Gasteiger partial charge in [-0.3, -0.25) is 9.44 Å². The Morgan fingerprint density at radius 2 is 2.08 bits per heavy atom. The fourth-order valence-electron chi connectivity index (χ4n) is 0.273. The molecule has 0 amide bonds. The van der Waals surface area contributed by atoms with E-state index in [4.69, 9.17) is 4.55 Å². The molecule has 0 fully saturated rings. The summed E-state index contributed by atoms with van der Waals surface area (Å²) in [7, 11) is -4.07. The smallest absolute Gasteiger partial charge is 0.294 e. The van der Waals surface area contributed by atoms with Gasteiger partial charge in [-0.2, -0.15) is 13.3 Å². The van der Waals surface area contributed by atoms with Gasteiger partial charge in [0.2, 0.25) is 0 Å². The predicted octanol–water partition coefficient (Wildman–Crippen LogP) is -3.46. The third-order valence-electron chi connectivity index (χ3n) is 0.732. The van der Waals surface area contributed by atoms with Gasteiger partial charge in [0.05, 0.1) is 0 Å². The van der Waals surface area contributed by atoms with E-state index in [0.717, 1.165) is 6.08 Å². The van der Waals surface area contributed by atoms with Crippen molar-refractivity contribution in [2.24, 2.45) is 0 Å². The Kier molecular flexibility index (Phi) is 8.95. The Morgan fingerprint density at radius 3 is 2.46 bits per heavy atom. The largest absolute Gasteiger partial charge is 1.00 e. The van der Waals surface area contributed by atoms with E-state index in [-0.39, 0.29) is 29.6 Å². The van der Waals surface area contributed by atoms with E-state index < -0.39 is 28.4 Å². The molecule has 13 heavy (non-hydrogen) atoms. The first-order chi connectivity index (χ1) is 5.45. The van der Waals surface area contributed by atoms with Gasteiger partial charge in [-0.05, 0) is 0 Å². The van der Waals surface area contributed by atoms with Gasteiger partial charge in [0, 0.05) is 6.08 Å². The Balaban J connectivity index is 0. The first kappa shape index (κ1) is 15.5. The number of carbonyl (C=O) groups is 1. The monoisotopic (exact) mass is 219 g/mol. The molecule has 0 aromatic rings. The first-order valence-corrected chi connectivity index (χ1v) is 4.47. The third-order valence-corrected chi connectivity index (χ3v) is 1.41. The number of carbonyl (C=O) groups excluding carboxylic acids is 1. The van der Waals surface area contributed by atoms with E-state index >= 15 is 0 Å². The van der Waals surface area contributed by atoms with E-state index in [1.807, 2.05) is 0 Å². The molecule has 0 radical (unpaired) electrons. The Hall–Kier alpha value is 0.0800. The molecule has 0 rings (SSSR count). The fourth-order valence-corrected chi connectivity index (χ4v) is 0.552. The summed E-state index contributed by atoms with van der Waals surface area (Å²) in [6, 6.07) is 0. The summed E-state index contributed by atoms with van der Waals surface area (Å²) in [6.45, 7) is 2.65. The van der Waals surface area contributed by atoms with E-state index in [1.54, 1.807) is 0 Å². The van der Waals surface area contributed by atoms with Gasteiger partial charge in [0.15, 0.2) is 0 Å². The molecule has 0 bridgehead atoms. The van der Waals surface area contributed by atoms with Crippen LogP contribution in [0.1, 0.15) is 0 Å². The SMILES string of the molecule is C=CC(=O)OOCCS(=O)(=O)O.[Na+]. The molecular formula is C5H8NaO6S+. The van der Waals surface area contributed by atoms with Gasteiger partial charge in [0.25, 0.3) is 10.1 Å². The Bertz CT molecular complexity index is 258. The summed E-state index contributed by atoms with van der Waals surface area (Å²) in [5.74, 6) is -1.46. The van der Waals surface area contributed by atoms with Crippen LogP contribution in [-0.2, 0) is 24.7 Å². The Labute approximate surface area is 97.9 Å². The van der Waals surface area contributed by atoms with E-state index in [9.17, 15) is 13.2 Å². The molecule has 1 N–H and O–H groups in total. The molecule has 0 aliphatic heterocycles. The molecule has 70 valence electrons. The minimum atomic E-state index is -4.07. The summed E-state index contributed by atoms with van der Waals surface area (Å²) >= 11 is 0. The quantitative estimate of drug-likeness (QED) is 0.129. The molecule has 0 saturated carbocycles. The van der Waals surface area contributed by atoms with Crippen molar-refractivity contribution in [3.8, 4) is 0 Å². The second-order valence-electron chi connectivity index (χ2n) is 1.71. The maximum atomic E-state index is 10.3. The fraction of sp³-hybridized carbons (Fsp3) is 0.400. The van der Waals surface area contributed by atoms with Crippen molar-refractivity contribution in [2.45, 2.75) is 0 Å². The van der Waals surface area contributed by atoms with Crippen LogP contribution in [-0.4, -0.2) is 31.3 Å². The zero-order valence-corrected chi connectivity index (χ0v) is 9.91. The molecule has 0 aliphatic carbocycles. The van der Waals surface area contributed by atoms with E-state index in [2.05, 4.69) is 16.4 Å². The van der Waals surface area contributed by atoms with Crippen molar-refractivity contribution < 1.29 is 57.1 Å². The van der Waals surface area contributed by atoms with Crippen molar-refractivity contribution in [3.63, 3.8) is 0 Å². The van der Waals surface area contributed by atoms with Crippen LogP contribution in [0.15, 0.2) is 12.7 Å². The van der Waals surface area contributed by atoms with Crippen LogP contribution in [0.3, 0.4) is 0 Å². The molecule has 0 aliphatic rings. The van der Waals surface area contributed by atoms with Crippen molar-refractivity contribution in [2.75, 3.05) is 12.4 Å². The van der Waals surface area contributed by atoms with Gasteiger partial charge < -0.3 is 0 Å². The summed E-state index contributed by atoms with van der Waals surface area (Å²) < 4.78 is 28.3. The zero-order chi connectivity index (χ0) is 9.61. The van der Waals surface area contributed by atoms with Gasteiger partial charge in [-0.1, -0.05) is 6.58 Å². The Morgan fingerprint density at radius 1 is 1.54 bits per heavy atom. The van der Waals surface area contributed by atoms with Gasteiger partial charge >= 0.3 is 35.5 Å². The van der Waals surface area contributed by atoms with Gasteiger partial charge in [0.1, 0.15) is 12.4 Å². The van der Waals surface area contributed by atoms with Crippen LogP contribution in [0.5, 0.6) is 0 Å². The van der Waals surface area contributed by atoms with Crippen molar-refractivity contribution in [1.29, 1.82) is 0 Å². The molecule has 0 aromatic heterocycles. The molecular weight excluding hydrogens is 211 g/mol. The minimum Gasteiger partial charge on any atom is -0.294 e. The van der Waals surface area contributed by atoms with Crippen molar-refractivity contribution >= 4 is 16.1 Å². The van der Waals surface area contributed by atoms with E-state index in [1.165, 1.54) is 0 Å². The zero-order valence-electron chi connectivity index (χ0n) is 7.10. The summed E-state index contributed by atoms with van der Waals surface area (Å²) in [5.41, 5.74) is 0. The molecule has 0 spiro atoms. The van der Waals surface area contributed by atoms with E-state index in [0.29, 0.717) is 0 Å². The van der Waals surface area contributed by atoms with Crippen LogP contribution in [0.25, 0.3) is 0 Å². The normalized spacial score (nSPS) is 9.92. The molecule has 6 nitrogen and oxygen atoms in total. The van der Waals surface area contributed by atoms with Crippen LogP contribution in [0.4, 0.5) is 0 Å². The first-order valence-electron chi connectivity index (χ1n) is 2.87. The van der Waals surface area contributed by atoms with Crippen LogP contribution >= 0.6 is 0 Å². The standard InChI is InChI=1S/C5H8O6S.Na/c1-2-5(6)11-10-3-4-12(7,8)9;/h2H,1,3-4H2,(H,7,8,9);/q;+1. The topological polar surface area (TPSA) is 89.9 Å². The molecule has 0 unspecified atom stereocenters. The predicted molar refractivity (Wildman–Crippen MR) is 38.7 cm³/mol. The second kappa shape index (κ2) is 7.48. The summed E-state index contributed by atoms with van der Waals surface area (Å²) in [6.07, 6.45) is 0.855. The van der Waals surface area contributed by atoms with Crippen LogP contribution in [0.2, 0.25) is 0 Å². The van der Waals surface area contributed by atoms with Crippen LogP contribution < -0.4 is 29.6 Å². The number of hydrogen-bond donors (Lipinski definition) is 1. The maximum absolute atomic E-state index is 10.3. The summed E-state index contributed by atoms with van der Waals surface area (Å²) in [5, 5.41) is 0. The van der Waals surface area contributed by atoms with Gasteiger partial charge in [-0.25, -0.2) is 4.79 Å². The third kappa shape index (κ3) is 12.1. The average molecular weight is 219 g/mol. The average Bonchev–Trinajstić information content (AvgIpc) is 1.96. The van der Waals surface area contributed by atoms with Crippen LogP contribution in [0, 0.1) is 0 Å². The maximum Gasteiger partial charge on any atom is 1.00 e. The number of rotatable bonds is 5. The molecule has 0 atom stereocenters. The van der Waals surface area contributed by atoms with Crippen molar-refractivity contribution in [3.05, 3.63) is 12.7 Å². The van der Waals surface area contributed by atoms with Crippen molar-refractivity contribution in [1.82, 2.24) is 0 Å². The molecule has 0 saturated heterocycles. The molecule has 0 heterocycles. The molecule has 0 aromatic carbocycles. The minimum absolute atomic E-state index is 0. The number of hydrogen-bond acceptors (Lipinski definition) is 5.